The van der Waals surface area contributed by atoms with E-state index in [0.717, 1.165) is 12.1 Å². The molecule has 0 saturated carbocycles. The first kappa shape index (κ1) is 15.0. The molecule has 0 aliphatic heterocycles. The molecule has 0 radical (unpaired) electrons. The highest BCUT2D eigenvalue weighted by molar-refractivity contribution is 7.89. The smallest absolute Gasteiger partial charge is 0.263 e. The minimum atomic E-state index is -3.97. The molecule has 0 unspecified atom stereocenters. The van der Waals surface area contributed by atoms with E-state index < -0.39 is 26.5 Å². The van der Waals surface area contributed by atoms with Crippen molar-refractivity contribution in [3.05, 3.63) is 46.3 Å². The number of nitro benzene ring substituents is 1. The van der Waals surface area contributed by atoms with Gasteiger partial charge < -0.3 is 0 Å². The molecule has 1 aromatic heterocycles. The average Bonchev–Trinajstić information content (AvgIpc) is 2.91. The lowest BCUT2D eigenvalue weighted by Crippen LogP contribution is -2.26. The van der Waals surface area contributed by atoms with Crippen molar-refractivity contribution >= 4 is 15.7 Å². The molecule has 1 heterocycles. The maximum absolute atomic E-state index is 13.2. The Morgan fingerprint density at radius 1 is 1.43 bits per heavy atom. The van der Waals surface area contributed by atoms with Crippen molar-refractivity contribution < 1.29 is 17.7 Å². The van der Waals surface area contributed by atoms with Crippen LogP contribution in [0.5, 0.6) is 0 Å². The lowest BCUT2D eigenvalue weighted by atomic mass is 10.3. The van der Waals surface area contributed by atoms with Gasteiger partial charge >= 0.3 is 5.69 Å². The average molecular weight is 315 g/mol. The van der Waals surface area contributed by atoms with Crippen LogP contribution >= 0.6 is 0 Å². The minimum Gasteiger partial charge on any atom is -0.263 e. The number of benzene rings is 1. The number of nitrogens with zero attached hydrogens (tertiary/aromatic N) is 3. The Hall–Kier alpha value is -2.40. The van der Waals surface area contributed by atoms with E-state index in [-0.39, 0.29) is 17.9 Å². The fourth-order valence-corrected chi connectivity index (χ4v) is 2.59. The fraction of sp³-hybridized carbons (Fsp3) is 0.200. The summed E-state index contributed by atoms with van der Waals surface area (Å²) in [6.45, 7) is 0.0166. The van der Waals surface area contributed by atoms with Gasteiger partial charge in [0.1, 0.15) is 12.2 Å². The van der Waals surface area contributed by atoms with E-state index in [4.69, 9.17) is 0 Å². The van der Waals surface area contributed by atoms with Gasteiger partial charge in [0.25, 0.3) is 0 Å². The van der Waals surface area contributed by atoms with Crippen LogP contribution < -0.4 is 4.72 Å². The van der Waals surface area contributed by atoms with E-state index in [9.17, 15) is 22.9 Å². The SMILES string of the molecule is O=[N+]([O-])c1cc(S(=O)(=O)NCCc2ncn[nH]2)ccc1F. The third-order valence-corrected chi connectivity index (χ3v) is 4.00. The molecule has 21 heavy (non-hydrogen) atoms. The monoisotopic (exact) mass is 315 g/mol. The molecule has 11 heteroatoms. The van der Waals surface area contributed by atoms with Crippen LogP contribution in [0, 0.1) is 15.9 Å². The van der Waals surface area contributed by atoms with Gasteiger partial charge in [-0.05, 0) is 12.1 Å². The Labute approximate surface area is 118 Å². The van der Waals surface area contributed by atoms with Crippen molar-refractivity contribution in [2.75, 3.05) is 6.54 Å². The number of aromatic amines is 1. The Bertz CT molecular complexity index is 747. The number of rotatable bonds is 6. The lowest BCUT2D eigenvalue weighted by Gasteiger charge is -2.06. The van der Waals surface area contributed by atoms with Crippen molar-refractivity contribution in [3.63, 3.8) is 0 Å². The molecular weight excluding hydrogens is 305 g/mol. The Kier molecular flexibility index (Phi) is 4.23. The third kappa shape index (κ3) is 3.58. The highest BCUT2D eigenvalue weighted by Gasteiger charge is 2.21. The number of nitro groups is 1. The number of hydrogen-bond donors (Lipinski definition) is 2. The zero-order valence-electron chi connectivity index (χ0n) is 10.5. The van der Waals surface area contributed by atoms with Gasteiger partial charge in [0.05, 0.1) is 9.82 Å². The zero-order chi connectivity index (χ0) is 15.5. The second-order valence-electron chi connectivity index (χ2n) is 3.95. The number of sulfonamides is 1. The second-order valence-corrected chi connectivity index (χ2v) is 5.72. The molecule has 0 fully saturated rings. The topological polar surface area (TPSA) is 131 Å². The summed E-state index contributed by atoms with van der Waals surface area (Å²) in [5.41, 5.74) is -0.895. The summed E-state index contributed by atoms with van der Waals surface area (Å²) in [5, 5.41) is 16.8. The number of nitrogens with one attached hydrogen (secondary N) is 2. The Balaban J connectivity index is 2.12. The van der Waals surface area contributed by atoms with Crippen LogP contribution in [0.4, 0.5) is 10.1 Å². The summed E-state index contributed by atoms with van der Waals surface area (Å²) < 4.78 is 39.3. The van der Waals surface area contributed by atoms with Gasteiger partial charge in [0.15, 0.2) is 0 Å². The van der Waals surface area contributed by atoms with Crippen LogP contribution in [-0.2, 0) is 16.4 Å². The van der Waals surface area contributed by atoms with E-state index in [1.54, 1.807) is 0 Å². The molecule has 112 valence electrons. The molecule has 0 amide bonds. The first-order valence-corrected chi connectivity index (χ1v) is 7.16. The molecule has 9 nitrogen and oxygen atoms in total. The lowest BCUT2D eigenvalue weighted by molar-refractivity contribution is -0.387. The molecule has 1 aromatic carbocycles. The van der Waals surface area contributed by atoms with E-state index in [2.05, 4.69) is 19.9 Å². The molecule has 0 aliphatic carbocycles. The highest BCUT2D eigenvalue weighted by atomic mass is 32.2. The van der Waals surface area contributed by atoms with Crippen molar-refractivity contribution in [1.29, 1.82) is 0 Å². The van der Waals surface area contributed by atoms with E-state index in [1.807, 2.05) is 0 Å². The quantitative estimate of drug-likeness (QED) is 0.585. The molecular formula is C10H10FN5O4S. The van der Waals surface area contributed by atoms with Gasteiger partial charge in [-0.1, -0.05) is 0 Å². The van der Waals surface area contributed by atoms with Gasteiger partial charge in [-0.25, -0.2) is 18.1 Å². The normalized spacial score (nSPS) is 11.5. The van der Waals surface area contributed by atoms with Crippen LogP contribution in [0.3, 0.4) is 0 Å². The van der Waals surface area contributed by atoms with E-state index in [1.165, 1.54) is 6.33 Å². The number of aromatic nitrogens is 3. The number of hydrogen-bond acceptors (Lipinski definition) is 6. The van der Waals surface area contributed by atoms with Gasteiger partial charge in [-0.15, -0.1) is 0 Å². The molecule has 0 spiro atoms. The van der Waals surface area contributed by atoms with Crippen LogP contribution in [0.15, 0.2) is 29.4 Å². The van der Waals surface area contributed by atoms with Crippen LogP contribution in [0.1, 0.15) is 5.82 Å². The standard InChI is InChI=1S/C10H10FN5O4S/c11-8-2-1-7(5-9(8)16(17)18)21(19,20)14-4-3-10-12-6-13-15-10/h1-2,5-6,14H,3-4H2,(H,12,13,15). The van der Waals surface area contributed by atoms with Crippen LogP contribution in [0.2, 0.25) is 0 Å². The molecule has 0 bridgehead atoms. The van der Waals surface area contributed by atoms with Crippen molar-refractivity contribution in [2.45, 2.75) is 11.3 Å². The first-order chi connectivity index (χ1) is 9.90. The molecule has 2 N–H and O–H groups in total. The van der Waals surface area contributed by atoms with Gasteiger partial charge in [0, 0.05) is 19.0 Å². The highest BCUT2D eigenvalue weighted by Crippen LogP contribution is 2.21. The van der Waals surface area contributed by atoms with Crippen molar-refractivity contribution in [1.82, 2.24) is 19.9 Å². The van der Waals surface area contributed by atoms with Crippen LogP contribution in [0.25, 0.3) is 0 Å². The Morgan fingerprint density at radius 3 is 2.81 bits per heavy atom. The molecule has 0 saturated heterocycles. The number of halogens is 1. The van der Waals surface area contributed by atoms with Gasteiger partial charge in [-0.2, -0.15) is 9.49 Å². The molecule has 0 atom stereocenters. The number of H-pyrrole nitrogens is 1. The van der Waals surface area contributed by atoms with Gasteiger partial charge in [0.2, 0.25) is 15.8 Å². The van der Waals surface area contributed by atoms with E-state index >= 15 is 0 Å². The summed E-state index contributed by atoms with van der Waals surface area (Å²) in [7, 11) is -3.97. The maximum atomic E-state index is 13.2. The summed E-state index contributed by atoms with van der Waals surface area (Å²) in [5.74, 6) is -0.608. The maximum Gasteiger partial charge on any atom is 0.306 e. The molecule has 2 aromatic rings. The van der Waals surface area contributed by atoms with E-state index in [0.29, 0.717) is 11.9 Å². The minimum absolute atomic E-state index is 0.0166. The predicted octanol–water partition coefficient (Wildman–Crippen LogP) is 0.373. The summed E-state index contributed by atoms with van der Waals surface area (Å²) in [6.07, 6.45) is 1.55. The molecule has 0 aliphatic rings. The second kappa shape index (κ2) is 5.93. The van der Waals surface area contributed by atoms with Crippen molar-refractivity contribution in [3.8, 4) is 0 Å². The summed E-state index contributed by atoms with van der Waals surface area (Å²) in [4.78, 5) is 13.1. The third-order valence-electron chi connectivity index (χ3n) is 2.54. The van der Waals surface area contributed by atoms with Crippen LogP contribution in [-0.4, -0.2) is 35.1 Å². The summed E-state index contributed by atoms with van der Waals surface area (Å²) in [6, 6.07) is 2.37. The first-order valence-electron chi connectivity index (χ1n) is 5.68. The zero-order valence-corrected chi connectivity index (χ0v) is 11.3. The predicted molar refractivity (Wildman–Crippen MR) is 68.3 cm³/mol. The fourth-order valence-electron chi connectivity index (χ4n) is 1.54. The summed E-state index contributed by atoms with van der Waals surface area (Å²) >= 11 is 0. The largest absolute Gasteiger partial charge is 0.306 e. The molecule has 2 rings (SSSR count). The Morgan fingerprint density at radius 2 is 2.19 bits per heavy atom. The van der Waals surface area contributed by atoms with Crippen molar-refractivity contribution in [2.24, 2.45) is 0 Å². The van der Waals surface area contributed by atoms with Gasteiger partial charge in [-0.3, -0.25) is 15.2 Å².